The molecule has 0 unspecified atom stereocenters. The highest BCUT2D eigenvalue weighted by Gasteiger charge is 2.17. The van der Waals surface area contributed by atoms with Crippen LogP contribution in [0.2, 0.25) is 0 Å². The third-order valence-corrected chi connectivity index (χ3v) is 3.22. The molecule has 1 aromatic rings. The molecule has 5 nitrogen and oxygen atoms in total. The van der Waals surface area contributed by atoms with Gasteiger partial charge < -0.3 is 16.4 Å². The number of nitrogens with zero attached hydrogens (tertiary/aromatic N) is 3. The smallest absolute Gasteiger partial charge is 0.191 e. The molecule has 0 aliphatic carbocycles. The van der Waals surface area contributed by atoms with Crippen molar-refractivity contribution in [2.75, 3.05) is 7.05 Å². The van der Waals surface area contributed by atoms with Gasteiger partial charge in [-0.25, -0.2) is 4.99 Å². The molecule has 114 valence electrons. The summed E-state index contributed by atoms with van der Waals surface area (Å²) in [6.07, 6.45) is 10.1. The van der Waals surface area contributed by atoms with E-state index in [4.69, 9.17) is 11.5 Å². The number of hydrogen-bond acceptors (Lipinski definition) is 3. The van der Waals surface area contributed by atoms with Gasteiger partial charge in [-0.3, -0.25) is 4.99 Å². The van der Waals surface area contributed by atoms with Crippen LogP contribution in [0.3, 0.4) is 0 Å². The van der Waals surface area contributed by atoms with Crippen LogP contribution in [0.25, 0.3) is 0 Å². The average Bonchev–Trinajstić information content (AvgIpc) is 2.88. The fourth-order valence-electron chi connectivity index (χ4n) is 2.19. The molecule has 0 aromatic heterocycles. The topological polar surface area (TPSA) is 80.0 Å². The first-order valence-corrected chi connectivity index (χ1v) is 7.07. The highest BCUT2D eigenvalue weighted by atomic mass is 15.1. The second kappa shape index (κ2) is 7.26. The molecule has 0 bridgehead atoms. The van der Waals surface area contributed by atoms with E-state index in [1.165, 1.54) is 5.56 Å². The van der Waals surface area contributed by atoms with Crippen LogP contribution in [0.5, 0.6) is 0 Å². The van der Waals surface area contributed by atoms with Gasteiger partial charge in [-0.15, -0.1) is 0 Å². The van der Waals surface area contributed by atoms with E-state index in [1.54, 1.807) is 7.05 Å². The van der Waals surface area contributed by atoms with Gasteiger partial charge in [0, 0.05) is 19.8 Å². The summed E-state index contributed by atoms with van der Waals surface area (Å²) in [7, 11) is 1.80. The molecule has 5 heteroatoms. The van der Waals surface area contributed by atoms with Crippen molar-refractivity contribution in [2.24, 2.45) is 21.5 Å². The normalized spacial score (nSPS) is 17.8. The molecule has 0 radical (unpaired) electrons. The molecule has 0 saturated heterocycles. The van der Waals surface area contributed by atoms with Crippen molar-refractivity contribution in [1.29, 1.82) is 0 Å². The Morgan fingerprint density at radius 1 is 1.23 bits per heavy atom. The highest BCUT2D eigenvalue weighted by molar-refractivity contribution is 6.10. The third-order valence-electron chi connectivity index (χ3n) is 3.22. The van der Waals surface area contributed by atoms with Crippen molar-refractivity contribution >= 4 is 17.4 Å². The maximum Gasteiger partial charge on any atom is 0.191 e. The number of aliphatic imine (C=N–C) groups is 2. The minimum absolute atomic E-state index is 0.0654. The molecule has 0 amide bonds. The van der Waals surface area contributed by atoms with Crippen molar-refractivity contribution in [2.45, 2.75) is 13.5 Å². The van der Waals surface area contributed by atoms with Gasteiger partial charge in [-0.05, 0) is 36.8 Å². The SMILES string of the molecule is C/C=C\C=C1C(=NC)C=CN1Cc1ccc(N=C(N)N)cc1. The predicted octanol–water partition coefficient (Wildman–Crippen LogP) is 2.45. The van der Waals surface area contributed by atoms with E-state index >= 15 is 0 Å². The van der Waals surface area contributed by atoms with Gasteiger partial charge in [0.1, 0.15) is 0 Å². The number of hydrogen-bond donors (Lipinski definition) is 2. The maximum absolute atomic E-state index is 5.37. The van der Waals surface area contributed by atoms with Gasteiger partial charge in [0.2, 0.25) is 0 Å². The van der Waals surface area contributed by atoms with Crippen molar-refractivity contribution < 1.29 is 0 Å². The second-order valence-electron chi connectivity index (χ2n) is 4.83. The van der Waals surface area contributed by atoms with Gasteiger partial charge in [0.25, 0.3) is 0 Å². The average molecular weight is 295 g/mol. The number of nitrogens with two attached hydrogens (primary N) is 2. The Kier molecular flexibility index (Phi) is 5.14. The summed E-state index contributed by atoms with van der Waals surface area (Å²) in [6, 6.07) is 7.84. The van der Waals surface area contributed by atoms with E-state index in [1.807, 2.05) is 55.6 Å². The van der Waals surface area contributed by atoms with Gasteiger partial charge >= 0.3 is 0 Å². The zero-order valence-electron chi connectivity index (χ0n) is 12.9. The van der Waals surface area contributed by atoms with Gasteiger partial charge in [0.15, 0.2) is 5.96 Å². The number of guanidine groups is 1. The summed E-state index contributed by atoms with van der Waals surface area (Å²) in [6.45, 7) is 2.76. The number of rotatable bonds is 4. The van der Waals surface area contributed by atoms with Crippen LogP contribution in [-0.2, 0) is 6.54 Å². The molecule has 1 aromatic carbocycles. The Morgan fingerprint density at radius 2 is 1.95 bits per heavy atom. The van der Waals surface area contributed by atoms with Crippen molar-refractivity contribution in [3.63, 3.8) is 0 Å². The van der Waals surface area contributed by atoms with Crippen LogP contribution in [0.1, 0.15) is 12.5 Å². The Hall–Kier alpha value is -2.82. The highest BCUT2D eigenvalue weighted by Crippen LogP contribution is 2.21. The van der Waals surface area contributed by atoms with E-state index in [0.29, 0.717) is 0 Å². The van der Waals surface area contributed by atoms with Gasteiger partial charge in [-0.1, -0.05) is 24.3 Å². The molecule has 0 saturated carbocycles. The van der Waals surface area contributed by atoms with Crippen molar-refractivity contribution in [3.05, 3.63) is 66.0 Å². The fourth-order valence-corrected chi connectivity index (χ4v) is 2.19. The van der Waals surface area contributed by atoms with Crippen LogP contribution in [0.15, 0.2) is 70.5 Å². The lowest BCUT2D eigenvalue weighted by Crippen LogP contribution is -2.21. The van der Waals surface area contributed by atoms with Gasteiger partial charge in [0.05, 0.1) is 17.1 Å². The lowest BCUT2D eigenvalue weighted by Gasteiger charge is -2.18. The molecule has 0 spiro atoms. The number of benzene rings is 1. The molecule has 0 atom stereocenters. The van der Waals surface area contributed by atoms with Crippen LogP contribution in [0.4, 0.5) is 5.69 Å². The number of allylic oxidation sites excluding steroid dienone is 4. The molecule has 4 N–H and O–H groups in total. The fraction of sp³-hybridized carbons (Fsp3) is 0.176. The predicted molar refractivity (Wildman–Crippen MR) is 92.9 cm³/mol. The van der Waals surface area contributed by atoms with E-state index < -0.39 is 0 Å². The van der Waals surface area contributed by atoms with Crippen LogP contribution >= 0.6 is 0 Å². The maximum atomic E-state index is 5.37. The van der Waals surface area contributed by atoms with E-state index in [-0.39, 0.29) is 5.96 Å². The Labute approximate surface area is 131 Å². The van der Waals surface area contributed by atoms with Crippen molar-refractivity contribution in [3.8, 4) is 0 Å². The Morgan fingerprint density at radius 3 is 2.55 bits per heavy atom. The van der Waals surface area contributed by atoms with Gasteiger partial charge in [-0.2, -0.15) is 0 Å². The molecule has 2 rings (SSSR count). The zero-order chi connectivity index (χ0) is 15.9. The second-order valence-corrected chi connectivity index (χ2v) is 4.83. The Bertz CT molecular complexity index is 659. The van der Waals surface area contributed by atoms with Crippen molar-refractivity contribution in [1.82, 2.24) is 4.90 Å². The van der Waals surface area contributed by atoms with E-state index in [9.17, 15) is 0 Å². The first-order valence-electron chi connectivity index (χ1n) is 7.07. The zero-order valence-corrected chi connectivity index (χ0v) is 12.9. The first-order chi connectivity index (χ1) is 10.6. The monoisotopic (exact) mass is 295 g/mol. The lowest BCUT2D eigenvalue weighted by molar-refractivity contribution is 0.491. The van der Waals surface area contributed by atoms with E-state index in [2.05, 4.69) is 21.0 Å². The summed E-state index contributed by atoms with van der Waals surface area (Å²) < 4.78 is 0. The molecular formula is C17H21N5. The quantitative estimate of drug-likeness (QED) is 0.661. The van der Waals surface area contributed by atoms with Crippen LogP contribution in [-0.4, -0.2) is 23.6 Å². The molecular weight excluding hydrogens is 274 g/mol. The Balaban J connectivity index is 2.16. The molecule has 1 heterocycles. The largest absolute Gasteiger partial charge is 0.370 e. The minimum atomic E-state index is 0.0654. The summed E-state index contributed by atoms with van der Waals surface area (Å²) in [5.41, 5.74) is 14.7. The summed E-state index contributed by atoms with van der Waals surface area (Å²) >= 11 is 0. The molecule has 0 fully saturated rings. The van der Waals surface area contributed by atoms with Crippen LogP contribution < -0.4 is 11.5 Å². The molecule has 22 heavy (non-hydrogen) atoms. The standard InChI is InChI=1S/C17H21N5/c1-3-4-5-16-15(20-2)10-11-22(16)12-13-6-8-14(9-7-13)21-17(18)19/h3-11H,12H2,1-2H3,(H4,18,19,21)/b4-3-,16-5?,20-15?. The van der Waals surface area contributed by atoms with E-state index in [0.717, 1.165) is 23.6 Å². The molecule has 1 aliphatic heterocycles. The first kappa shape index (κ1) is 15.6. The summed E-state index contributed by atoms with van der Waals surface area (Å²) in [5.74, 6) is 0.0654. The minimum Gasteiger partial charge on any atom is -0.370 e. The summed E-state index contributed by atoms with van der Waals surface area (Å²) in [5, 5.41) is 0. The lowest BCUT2D eigenvalue weighted by atomic mass is 10.2. The van der Waals surface area contributed by atoms with Crippen LogP contribution in [0, 0.1) is 0 Å². The third kappa shape index (κ3) is 3.85. The summed E-state index contributed by atoms with van der Waals surface area (Å²) in [4.78, 5) is 10.5. The molecule has 1 aliphatic rings.